The fraction of sp³-hybridized carbons (Fsp3) is 0.267. The Labute approximate surface area is 154 Å². The van der Waals surface area contributed by atoms with Crippen LogP contribution in [0.2, 0.25) is 5.02 Å². The molecule has 1 aliphatic heterocycles. The lowest BCUT2D eigenvalue weighted by atomic mass is 10.1. The summed E-state index contributed by atoms with van der Waals surface area (Å²) in [5.74, 6) is -0.229. The van der Waals surface area contributed by atoms with Crippen LogP contribution in [0.1, 0.15) is 22.9 Å². The molecule has 1 aromatic carbocycles. The van der Waals surface area contributed by atoms with Crippen molar-refractivity contribution in [3.05, 3.63) is 45.4 Å². The van der Waals surface area contributed by atoms with E-state index in [4.69, 9.17) is 17.0 Å². The number of amides is 1. The number of nitrogens with one attached hydrogen (secondary N) is 1. The third-order valence-corrected chi connectivity index (χ3v) is 5.84. The lowest BCUT2D eigenvalue weighted by Crippen LogP contribution is -2.30. The van der Waals surface area contributed by atoms with Gasteiger partial charge in [0.05, 0.1) is 10.8 Å². The summed E-state index contributed by atoms with van der Waals surface area (Å²) < 4.78 is 38.5. The summed E-state index contributed by atoms with van der Waals surface area (Å²) in [6.07, 6.45) is -2.79. The number of thiazole rings is 1. The molecule has 1 unspecified atom stereocenters. The van der Waals surface area contributed by atoms with Gasteiger partial charge in [0.15, 0.2) is 10.3 Å². The standard InChI is InChI=1S/C15H11ClF3N3OS2/c1-7-12(23)22(13(20)24-7)14-21-6-10(25-14)5-8-4-9(15(17,18)19)2-3-11(8)16/h2-4,6-7,20H,5H2,1H3. The molecule has 25 heavy (non-hydrogen) atoms. The quantitative estimate of drug-likeness (QED) is 0.797. The van der Waals surface area contributed by atoms with Crippen molar-refractivity contribution in [2.45, 2.75) is 24.8 Å². The van der Waals surface area contributed by atoms with Gasteiger partial charge in [-0.15, -0.1) is 11.3 Å². The van der Waals surface area contributed by atoms with Gasteiger partial charge in [0.1, 0.15) is 0 Å². The van der Waals surface area contributed by atoms with Crippen LogP contribution in [0, 0.1) is 5.41 Å². The highest BCUT2D eigenvalue weighted by molar-refractivity contribution is 8.16. The Morgan fingerprint density at radius 3 is 2.72 bits per heavy atom. The maximum atomic E-state index is 12.8. The van der Waals surface area contributed by atoms with E-state index in [1.807, 2.05) is 0 Å². The van der Waals surface area contributed by atoms with E-state index in [9.17, 15) is 18.0 Å². The molecule has 0 bridgehead atoms. The van der Waals surface area contributed by atoms with E-state index in [1.54, 1.807) is 6.92 Å². The Bertz CT molecular complexity index is 853. The molecule has 0 saturated carbocycles. The van der Waals surface area contributed by atoms with Crippen LogP contribution in [0.5, 0.6) is 0 Å². The smallest absolute Gasteiger partial charge is 0.278 e. The minimum atomic E-state index is -4.44. The molecule has 1 aliphatic rings. The average Bonchev–Trinajstić information content (AvgIpc) is 3.05. The van der Waals surface area contributed by atoms with Crippen LogP contribution in [0.4, 0.5) is 18.3 Å². The number of rotatable bonds is 3. The first-order chi connectivity index (χ1) is 11.7. The van der Waals surface area contributed by atoms with Crippen molar-refractivity contribution in [2.75, 3.05) is 4.90 Å². The number of thioether (sulfide) groups is 1. The monoisotopic (exact) mass is 405 g/mol. The van der Waals surface area contributed by atoms with Crippen LogP contribution in [0.25, 0.3) is 0 Å². The van der Waals surface area contributed by atoms with Gasteiger partial charge in [0, 0.05) is 22.5 Å². The van der Waals surface area contributed by atoms with Crippen LogP contribution in [0.15, 0.2) is 24.4 Å². The van der Waals surface area contributed by atoms with E-state index in [0.29, 0.717) is 15.6 Å². The predicted molar refractivity (Wildman–Crippen MR) is 93.6 cm³/mol. The van der Waals surface area contributed by atoms with Crippen LogP contribution in [0.3, 0.4) is 0 Å². The SMILES string of the molecule is CC1SC(=N)N(c2ncc(Cc3cc(C(F)(F)F)ccc3Cl)s2)C1=O. The van der Waals surface area contributed by atoms with Gasteiger partial charge in [-0.3, -0.25) is 10.2 Å². The molecule has 1 aromatic heterocycles. The van der Waals surface area contributed by atoms with Gasteiger partial charge < -0.3 is 0 Å². The molecule has 0 radical (unpaired) electrons. The Morgan fingerprint density at radius 2 is 2.12 bits per heavy atom. The van der Waals surface area contributed by atoms with Crippen molar-refractivity contribution in [3.8, 4) is 0 Å². The number of alkyl halides is 3. The maximum absolute atomic E-state index is 12.8. The summed E-state index contributed by atoms with van der Waals surface area (Å²) >= 11 is 8.30. The summed E-state index contributed by atoms with van der Waals surface area (Å²) in [5.41, 5.74) is -0.435. The fourth-order valence-corrected chi connectivity index (χ4v) is 4.30. The molecule has 2 heterocycles. The second-order valence-corrected chi connectivity index (χ2v) is 8.16. The molecule has 2 aromatic rings. The van der Waals surface area contributed by atoms with Crippen molar-refractivity contribution >= 4 is 50.9 Å². The van der Waals surface area contributed by atoms with E-state index in [0.717, 1.165) is 35.2 Å². The topological polar surface area (TPSA) is 57.1 Å². The molecule has 1 amide bonds. The molecular weight excluding hydrogens is 395 g/mol. The summed E-state index contributed by atoms with van der Waals surface area (Å²) in [6, 6.07) is 3.18. The minimum absolute atomic E-state index is 0.0931. The van der Waals surface area contributed by atoms with Crippen LogP contribution >= 0.6 is 34.7 Å². The van der Waals surface area contributed by atoms with Gasteiger partial charge in [-0.05, 0) is 30.7 Å². The third-order valence-electron chi connectivity index (χ3n) is 3.53. The first-order valence-corrected chi connectivity index (χ1v) is 9.13. The second kappa shape index (κ2) is 6.62. The molecule has 4 nitrogen and oxygen atoms in total. The lowest BCUT2D eigenvalue weighted by Gasteiger charge is -2.11. The van der Waals surface area contributed by atoms with Crippen LogP contribution in [-0.4, -0.2) is 21.3 Å². The number of amidine groups is 1. The Hall–Kier alpha value is -1.58. The number of halogens is 4. The highest BCUT2D eigenvalue weighted by Gasteiger charge is 2.37. The van der Waals surface area contributed by atoms with E-state index in [2.05, 4.69) is 4.98 Å². The molecule has 1 fully saturated rings. The van der Waals surface area contributed by atoms with Crippen molar-refractivity contribution < 1.29 is 18.0 Å². The minimum Gasteiger partial charge on any atom is -0.278 e. The molecule has 10 heteroatoms. The van der Waals surface area contributed by atoms with Crippen molar-refractivity contribution in [3.63, 3.8) is 0 Å². The molecule has 1 N–H and O–H groups in total. The summed E-state index contributed by atoms with van der Waals surface area (Å²) in [5, 5.41) is 8.17. The fourth-order valence-electron chi connectivity index (χ4n) is 2.29. The summed E-state index contributed by atoms with van der Waals surface area (Å²) in [4.78, 5) is 18.1. The van der Waals surface area contributed by atoms with Gasteiger partial charge >= 0.3 is 6.18 Å². The van der Waals surface area contributed by atoms with Gasteiger partial charge in [0.25, 0.3) is 0 Å². The number of hydrogen-bond acceptors (Lipinski definition) is 5. The molecule has 0 spiro atoms. The molecule has 3 rings (SSSR count). The molecule has 132 valence electrons. The van der Waals surface area contributed by atoms with Crippen molar-refractivity contribution in [2.24, 2.45) is 0 Å². The summed E-state index contributed by atoms with van der Waals surface area (Å²) in [6.45, 7) is 1.71. The Balaban J connectivity index is 1.85. The van der Waals surface area contributed by atoms with E-state index in [-0.39, 0.29) is 27.8 Å². The molecule has 0 aliphatic carbocycles. The first-order valence-electron chi connectivity index (χ1n) is 7.06. The predicted octanol–water partition coefficient (Wildman–Crippen LogP) is 4.81. The maximum Gasteiger partial charge on any atom is 0.416 e. The van der Waals surface area contributed by atoms with Crippen LogP contribution < -0.4 is 4.90 Å². The number of nitrogens with zero attached hydrogens (tertiary/aromatic N) is 2. The number of benzene rings is 1. The molecule has 1 atom stereocenters. The summed E-state index contributed by atoms with van der Waals surface area (Å²) in [7, 11) is 0. The number of hydrogen-bond donors (Lipinski definition) is 1. The number of carbonyl (C=O) groups excluding carboxylic acids is 1. The zero-order valence-electron chi connectivity index (χ0n) is 12.7. The number of aromatic nitrogens is 1. The number of carbonyl (C=O) groups is 1. The Kier molecular flexibility index (Phi) is 4.82. The first kappa shape index (κ1) is 18.2. The zero-order chi connectivity index (χ0) is 18.4. The van der Waals surface area contributed by atoms with Gasteiger partial charge in [-0.1, -0.05) is 23.4 Å². The van der Waals surface area contributed by atoms with Crippen molar-refractivity contribution in [1.82, 2.24) is 4.98 Å². The van der Waals surface area contributed by atoms with Gasteiger partial charge in [-0.25, -0.2) is 9.88 Å². The van der Waals surface area contributed by atoms with Crippen LogP contribution in [-0.2, 0) is 17.4 Å². The van der Waals surface area contributed by atoms with Gasteiger partial charge in [-0.2, -0.15) is 13.2 Å². The Morgan fingerprint density at radius 1 is 1.40 bits per heavy atom. The van der Waals surface area contributed by atoms with Crippen molar-refractivity contribution in [1.29, 1.82) is 5.41 Å². The van der Waals surface area contributed by atoms with E-state index >= 15 is 0 Å². The molecule has 1 saturated heterocycles. The zero-order valence-corrected chi connectivity index (χ0v) is 15.1. The second-order valence-electron chi connectivity index (χ2n) is 5.33. The van der Waals surface area contributed by atoms with E-state index in [1.165, 1.54) is 17.2 Å². The lowest BCUT2D eigenvalue weighted by molar-refractivity contribution is -0.137. The average molecular weight is 406 g/mol. The highest BCUT2D eigenvalue weighted by atomic mass is 35.5. The largest absolute Gasteiger partial charge is 0.416 e. The van der Waals surface area contributed by atoms with E-state index < -0.39 is 11.7 Å². The normalized spacial score (nSPS) is 18.3. The molecular formula is C15H11ClF3N3OS2. The number of anilines is 1. The van der Waals surface area contributed by atoms with Gasteiger partial charge in [0.2, 0.25) is 5.91 Å². The highest BCUT2D eigenvalue weighted by Crippen LogP contribution is 2.36. The third kappa shape index (κ3) is 3.68.